The van der Waals surface area contributed by atoms with Crippen molar-refractivity contribution in [3.05, 3.63) is 155 Å². The summed E-state index contributed by atoms with van der Waals surface area (Å²) in [5.74, 6) is 0. The van der Waals surface area contributed by atoms with Gasteiger partial charge in [-0.1, -0.05) is 120 Å². The highest BCUT2D eigenvalue weighted by Crippen LogP contribution is 2.32. The lowest BCUT2D eigenvalue weighted by atomic mass is 9.95. The maximum atomic E-state index is 5.09. The van der Waals surface area contributed by atoms with Crippen molar-refractivity contribution in [3.8, 4) is 11.1 Å². The molecule has 0 bridgehead atoms. The molecule has 1 aliphatic rings. The van der Waals surface area contributed by atoms with Gasteiger partial charge in [0.25, 0.3) is 0 Å². The lowest BCUT2D eigenvalue weighted by molar-refractivity contribution is 1.49. The Kier molecular flexibility index (Phi) is 6.01. The minimum atomic E-state index is 0.908. The Morgan fingerprint density at radius 2 is 1.03 bits per heavy atom. The van der Waals surface area contributed by atoms with Gasteiger partial charge in [-0.3, -0.25) is 0 Å². The summed E-state index contributed by atoms with van der Waals surface area (Å²) < 4.78 is 1.05. The number of hydrogen-bond donors (Lipinski definition) is 0. The summed E-state index contributed by atoms with van der Waals surface area (Å²) in [4.78, 5) is 5.09. The topological polar surface area (TPSA) is 12.4 Å². The van der Waals surface area contributed by atoms with Gasteiger partial charge < -0.3 is 0 Å². The van der Waals surface area contributed by atoms with E-state index >= 15 is 0 Å². The molecule has 4 aromatic carbocycles. The van der Waals surface area contributed by atoms with Crippen LogP contribution in [0.25, 0.3) is 22.4 Å². The summed E-state index contributed by atoms with van der Waals surface area (Å²) in [6.07, 6.45) is 4.23. The zero-order chi connectivity index (χ0) is 22.6. The van der Waals surface area contributed by atoms with E-state index in [9.17, 15) is 0 Å². The third-order valence-electron chi connectivity index (χ3n) is 5.69. The van der Waals surface area contributed by atoms with Gasteiger partial charge in [0, 0.05) is 15.6 Å². The van der Waals surface area contributed by atoms with Gasteiger partial charge in [-0.15, -0.1) is 0 Å². The van der Waals surface area contributed by atoms with Crippen LogP contribution in [0.1, 0.15) is 16.7 Å². The second kappa shape index (κ2) is 9.40. The third-order valence-corrected chi connectivity index (χ3v) is 6.22. The Bertz CT molecular complexity index is 1380. The number of benzene rings is 4. The van der Waals surface area contributed by atoms with Crippen molar-refractivity contribution in [3.63, 3.8) is 0 Å². The van der Waals surface area contributed by atoms with E-state index in [4.69, 9.17) is 4.99 Å². The first-order valence-corrected chi connectivity index (χ1v) is 11.7. The van der Waals surface area contributed by atoms with Crippen molar-refractivity contribution in [1.29, 1.82) is 0 Å². The molecular weight excluding hydrogens is 466 g/mol. The van der Waals surface area contributed by atoms with Crippen molar-refractivity contribution in [2.24, 2.45) is 4.99 Å². The zero-order valence-corrected chi connectivity index (χ0v) is 19.7. The Labute approximate surface area is 203 Å². The second-order valence-electron chi connectivity index (χ2n) is 7.93. The van der Waals surface area contributed by atoms with Crippen LogP contribution in [0.15, 0.2) is 143 Å². The van der Waals surface area contributed by atoms with Crippen molar-refractivity contribution in [2.75, 3.05) is 0 Å². The van der Waals surface area contributed by atoms with Gasteiger partial charge in [-0.25, -0.2) is 4.99 Å². The number of rotatable bonds is 4. The molecule has 33 heavy (non-hydrogen) atoms. The highest BCUT2D eigenvalue weighted by molar-refractivity contribution is 9.10. The summed E-state index contributed by atoms with van der Waals surface area (Å²) in [6.45, 7) is 4.38. The monoisotopic (exact) mass is 487 g/mol. The van der Waals surface area contributed by atoms with Crippen LogP contribution >= 0.6 is 15.9 Å². The summed E-state index contributed by atoms with van der Waals surface area (Å²) >= 11 is 3.54. The molecule has 0 radical (unpaired) electrons. The Hall–Kier alpha value is -3.75. The van der Waals surface area contributed by atoms with E-state index in [1.165, 1.54) is 11.1 Å². The minimum absolute atomic E-state index is 0.908. The van der Waals surface area contributed by atoms with Gasteiger partial charge in [0.1, 0.15) is 0 Å². The lowest BCUT2D eigenvalue weighted by Crippen LogP contribution is -1.99. The van der Waals surface area contributed by atoms with Gasteiger partial charge in [0.05, 0.1) is 11.4 Å². The lowest BCUT2D eigenvalue weighted by Gasteiger charge is -2.09. The highest BCUT2D eigenvalue weighted by atomic mass is 79.9. The standard InChI is InChI=1S/C31H22BrN/c1-22-20-30(26-10-6-3-7-11-26)33-31(21-29(22)25-16-18-28(32)19-17-25)27-14-12-24(13-15-27)23-8-4-2-5-9-23/h2-21H,1H2. The SMILES string of the molecule is C=C1C=C(c2ccccc2)N=C(c2ccc(-c3ccccc3)cc2)C=C1c1ccc(Br)cc1. The predicted molar refractivity (Wildman–Crippen MR) is 144 cm³/mol. The average molecular weight is 488 g/mol. The van der Waals surface area contributed by atoms with Crippen molar-refractivity contribution in [1.82, 2.24) is 0 Å². The van der Waals surface area contributed by atoms with Crippen LogP contribution < -0.4 is 0 Å². The van der Waals surface area contributed by atoms with Gasteiger partial charge in [-0.2, -0.15) is 0 Å². The van der Waals surface area contributed by atoms with Crippen LogP contribution in [0.2, 0.25) is 0 Å². The molecule has 0 spiro atoms. The molecule has 1 heterocycles. The smallest absolute Gasteiger partial charge is 0.0715 e. The van der Waals surface area contributed by atoms with E-state index in [-0.39, 0.29) is 0 Å². The van der Waals surface area contributed by atoms with Gasteiger partial charge in [0.2, 0.25) is 0 Å². The van der Waals surface area contributed by atoms with Crippen LogP contribution in [-0.2, 0) is 0 Å². The molecule has 0 N–H and O–H groups in total. The highest BCUT2D eigenvalue weighted by Gasteiger charge is 2.15. The Morgan fingerprint density at radius 3 is 1.67 bits per heavy atom. The number of aliphatic imine (C=N–C) groups is 1. The minimum Gasteiger partial charge on any atom is -0.248 e. The second-order valence-corrected chi connectivity index (χ2v) is 8.84. The fourth-order valence-corrected chi connectivity index (χ4v) is 4.20. The molecule has 1 aliphatic heterocycles. The third kappa shape index (κ3) is 4.72. The molecule has 0 amide bonds. The van der Waals surface area contributed by atoms with Crippen LogP contribution in [-0.4, -0.2) is 5.71 Å². The number of allylic oxidation sites excluding steroid dienone is 4. The van der Waals surface area contributed by atoms with Crippen LogP contribution in [0.5, 0.6) is 0 Å². The summed E-state index contributed by atoms with van der Waals surface area (Å²) in [5.41, 5.74) is 9.48. The molecule has 158 valence electrons. The molecular formula is C31H22BrN. The quantitative estimate of drug-likeness (QED) is 0.273. The molecule has 0 saturated carbocycles. The molecule has 0 aromatic heterocycles. The first-order chi connectivity index (χ1) is 16.2. The van der Waals surface area contributed by atoms with Crippen molar-refractivity contribution in [2.45, 2.75) is 0 Å². The van der Waals surface area contributed by atoms with E-state index in [2.05, 4.69) is 120 Å². The van der Waals surface area contributed by atoms with E-state index < -0.39 is 0 Å². The summed E-state index contributed by atoms with van der Waals surface area (Å²) in [7, 11) is 0. The molecule has 0 saturated heterocycles. The fraction of sp³-hybridized carbons (Fsp3) is 0. The van der Waals surface area contributed by atoms with Crippen LogP contribution in [0, 0.1) is 0 Å². The molecule has 2 heteroatoms. The van der Waals surface area contributed by atoms with Crippen molar-refractivity contribution < 1.29 is 0 Å². The van der Waals surface area contributed by atoms with E-state index in [0.29, 0.717) is 0 Å². The molecule has 0 fully saturated rings. The summed E-state index contributed by atoms with van der Waals surface area (Å²) in [6, 6.07) is 37.6. The van der Waals surface area contributed by atoms with Gasteiger partial charge >= 0.3 is 0 Å². The van der Waals surface area contributed by atoms with E-state index in [1.54, 1.807) is 0 Å². The molecule has 0 atom stereocenters. The van der Waals surface area contributed by atoms with E-state index in [0.717, 1.165) is 43.7 Å². The number of nitrogens with zero attached hydrogens (tertiary/aromatic N) is 1. The summed E-state index contributed by atoms with van der Waals surface area (Å²) in [5, 5.41) is 0. The molecule has 5 rings (SSSR count). The van der Waals surface area contributed by atoms with Crippen LogP contribution in [0.3, 0.4) is 0 Å². The van der Waals surface area contributed by atoms with Crippen molar-refractivity contribution >= 4 is 32.9 Å². The predicted octanol–water partition coefficient (Wildman–Crippen LogP) is 8.60. The Balaban J connectivity index is 1.61. The maximum Gasteiger partial charge on any atom is 0.0715 e. The van der Waals surface area contributed by atoms with E-state index in [1.807, 2.05) is 24.3 Å². The zero-order valence-electron chi connectivity index (χ0n) is 18.1. The first-order valence-electron chi connectivity index (χ1n) is 10.9. The molecule has 1 nitrogen and oxygen atoms in total. The fourth-order valence-electron chi connectivity index (χ4n) is 3.93. The van der Waals surface area contributed by atoms with Gasteiger partial charge in [-0.05, 0) is 52.1 Å². The first kappa shape index (κ1) is 21.1. The largest absolute Gasteiger partial charge is 0.248 e. The molecule has 4 aromatic rings. The number of hydrogen-bond acceptors (Lipinski definition) is 1. The number of halogens is 1. The van der Waals surface area contributed by atoms with Crippen LogP contribution in [0.4, 0.5) is 0 Å². The molecule has 0 unspecified atom stereocenters. The maximum absolute atomic E-state index is 5.09. The average Bonchev–Trinajstić information content (AvgIpc) is 3.05. The normalized spacial score (nSPS) is 13.6. The molecule has 0 aliphatic carbocycles. The van der Waals surface area contributed by atoms with Gasteiger partial charge in [0.15, 0.2) is 0 Å². The Morgan fingerprint density at radius 1 is 0.515 bits per heavy atom.